The zero-order valence-corrected chi connectivity index (χ0v) is 12.3. The highest BCUT2D eigenvalue weighted by molar-refractivity contribution is 7.99. The Morgan fingerprint density at radius 2 is 1.95 bits per heavy atom. The molecular weight excluding hydrogens is 282 g/mol. The number of carbonyl (C=O) groups is 1. The van der Waals surface area contributed by atoms with Crippen LogP contribution >= 0.6 is 11.8 Å². The molecule has 0 saturated heterocycles. The Morgan fingerprint density at radius 1 is 1.14 bits per heavy atom. The molecule has 0 aliphatic carbocycles. The van der Waals surface area contributed by atoms with E-state index in [1.54, 1.807) is 11.2 Å². The topological polar surface area (TPSA) is 45.6 Å². The number of benzene rings is 1. The summed E-state index contributed by atoms with van der Waals surface area (Å²) in [7, 11) is 0. The van der Waals surface area contributed by atoms with Gasteiger partial charge in [-0.25, -0.2) is 9.99 Å². The SMILES string of the molecule is O=C(CSc1ccccn1)N1CCC(c2ccccc2)=N1. The third-order valence-electron chi connectivity index (χ3n) is 3.18. The fraction of sp³-hybridized carbons (Fsp3) is 0.188. The maximum absolute atomic E-state index is 12.2. The van der Waals surface area contributed by atoms with E-state index in [0.29, 0.717) is 12.3 Å². The van der Waals surface area contributed by atoms with Gasteiger partial charge in [0.15, 0.2) is 0 Å². The van der Waals surface area contributed by atoms with Gasteiger partial charge in [0.1, 0.15) is 0 Å². The second-order valence-corrected chi connectivity index (χ2v) is 5.63. The average Bonchev–Trinajstić information content (AvgIpc) is 3.04. The zero-order chi connectivity index (χ0) is 14.5. The van der Waals surface area contributed by atoms with Crippen LogP contribution < -0.4 is 0 Å². The molecule has 0 N–H and O–H groups in total. The summed E-state index contributed by atoms with van der Waals surface area (Å²) in [4.78, 5) is 16.4. The van der Waals surface area contributed by atoms with Gasteiger partial charge in [0.25, 0.3) is 5.91 Å². The van der Waals surface area contributed by atoms with Gasteiger partial charge in [-0.2, -0.15) is 5.10 Å². The number of rotatable bonds is 4. The summed E-state index contributed by atoms with van der Waals surface area (Å²) in [6.45, 7) is 0.659. The van der Waals surface area contributed by atoms with Crippen molar-refractivity contribution in [3.63, 3.8) is 0 Å². The monoisotopic (exact) mass is 297 g/mol. The van der Waals surface area contributed by atoms with Crippen LogP contribution in [-0.4, -0.2) is 33.9 Å². The predicted molar refractivity (Wildman–Crippen MR) is 84.3 cm³/mol. The maximum Gasteiger partial charge on any atom is 0.253 e. The van der Waals surface area contributed by atoms with Gasteiger partial charge in [-0.15, -0.1) is 0 Å². The van der Waals surface area contributed by atoms with E-state index in [2.05, 4.69) is 10.1 Å². The number of amides is 1. The summed E-state index contributed by atoms with van der Waals surface area (Å²) in [6.07, 6.45) is 2.54. The number of thioether (sulfide) groups is 1. The van der Waals surface area contributed by atoms with Crippen molar-refractivity contribution in [3.05, 3.63) is 60.3 Å². The van der Waals surface area contributed by atoms with Crippen LogP contribution in [0.25, 0.3) is 0 Å². The lowest BCUT2D eigenvalue weighted by atomic mass is 10.1. The molecule has 1 amide bonds. The first kappa shape index (κ1) is 13.8. The Kier molecular flexibility index (Phi) is 4.31. The fourth-order valence-electron chi connectivity index (χ4n) is 2.11. The molecule has 4 nitrogen and oxygen atoms in total. The third-order valence-corrected chi connectivity index (χ3v) is 4.11. The van der Waals surface area contributed by atoms with Crippen molar-refractivity contribution in [2.75, 3.05) is 12.3 Å². The van der Waals surface area contributed by atoms with Gasteiger partial charge >= 0.3 is 0 Å². The molecule has 0 saturated carbocycles. The number of pyridine rings is 1. The molecule has 1 aromatic carbocycles. The first-order valence-corrected chi connectivity index (χ1v) is 7.78. The van der Waals surface area contributed by atoms with Crippen molar-refractivity contribution in [2.24, 2.45) is 5.10 Å². The molecule has 106 valence electrons. The number of hydrogen-bond acceptors (Lipinski definition) is 4. The Morgan fingerprint density at radius 3 is 2.71 bits per heavy atom. The van der Waals surface area contributed by atoms with Crippen LogP contribution in [0.5, 0.6) is 0 Å². The number of nitrogens with zero attached hydrogens (tertiary/aromatic N) is 3. The normalized spacial score (nSPS) is 14.1. The standard InChI is InChI=1S/C16H15N3OS/c20-16(12-21-15-8-4-5-10-17-15)19-11-9-14(18-19)13-6-2-1-3-7-13/h1-8,10H,9,11-12H2. The van der Waals surface area contributed by atoms with Crippen molar-refractivity contribution in [1.29, 1.82) is 0 Å². The van der Waals surface area contributed by atoms with Crippen molar-refractivity contribution in [3.8, 4) is 0 Å². The van der Waals surface area contributed by atoms with E-state index in [1.165, 1.54) is 11.8 Å². The highest BCUT2D eigenvalue weighted by atomic mass is 32.2. The maximum atomic E-state index is 12.2. The van der Waals surface area contributed by atoms with Crippen LogP contribution in [0.1, 0.15) is 12.0 Å². The van der Waals surface area contributed by atoms with Crippen LogP contribution in [0.15, 0.2) is 64.9 Å². The van der Waals surface area contributed by atoms with Crippen molar-refractivity contribution >= 4 is 23.4 Å². The quantitative estimate of drug-likeness (QED) is 0.815. The zero-order valence-electron chi connectivity index (χ0n) is 11.5. The van der Waals surface area contributed by atoms with Gasteiger partial charge in [0.05, 0.1) is 23.0 Å². The van der Waals surface area contributed by atoms with E-state index in [9.17, 15) is 4.79 Å². The van der Waals surface area contributed by atoms with Crippen LogP contribution in [0.2, 0.25) is 0 Å². The first-order valence-electron chi connectivity index (χ1n) is 6.80. The molecular formula is C16H15N3OS. The summed E-state index contributed by atoms with van der Waals surface area (Å²) in [5.74, 6) is 0.388. The van der Waals surface area contributed by atoms with Crippen LogP contribution in [0.3, 0.4) is 0 Å². The van der Waals surface area contributed by atoms with Gasteiger partial charge < -0.3 is 0 Å². The summed E-state index contributed by atoms with van der Waals surface area (Å²) < 4.78 is 0. The number of carbonyl (C=O) groups excluding carboxylic acids is 1. The molecule has 2 aromatic rings. The summed E-state index contributed by atoms with van der Waals surface area (Å²) >= 11 is 1.44. The molecule has 0 radical (unpaired) electrons. The molecule has 21 heavy (non-hydrogen) atoms. The summed E-state index contributed by atoms with van der Waals surface area (Å²) in [5, 5.41) is 6.86. The molecule has 3 rings (SSSR count). The predicted octanol–water partition coefficient (Wildman–Crippen LogP) is 2.81. The van der Waals surface area contributed by atoms with Gasteiger partial charge in [-0.1, -0.05) is 48.2 Å². The summed E-state index contributed by atoms with van der Waals surface area (Å²) in [5.41, 5.74) is 2.07. The van der Waals surface area contributed by atoms with E-state index in [4.69, 9.17) is 0 Å². The Bertz CT molecular complexity index is 643. The van der Waals surface area contributed by atoms with Gasteiger partial charge in [0.2, 0.25) is 0 Å². The van der Waals surface area contributed by atoms with Crippen molar-refractivity contribution in [2.45, 2.75) is 11.4 Å². The lowest BCUT2D eigenvalue weighted by Gasteiger charge is -2.10. The van der Waals surface area contributed by atoms with E-state index in [1.807, 2.05) is 48.5 Å². The summed E-state index contributed by atoms with van der Waals surface area (Å²) in [6, 6.07) is 15.7. The minimum Gasteiger partial charge on any atom is -0.272 e. The highest BCUT2D eigenvalue weighted by Crippen LogP contribution is 2.18. The van der Waals surface area contributed by atoms with Gasteiger partial charge in [-0.05, 0) is 17.7 Å². The van der Waals surface area contributed by atoms with Crippen molar-refractivity contribution < 1.29 is 4.79 Å². The van der Waals surface area contributed by atoms with E-state index in [-0.39, 0.29) is 5.91 Å². The van der Waals surface area contributed by atoms with Gasteiger partial charge in [0, 0.05) is 12.6 Å². The van der Waals surface area contributed by atoms with E-state index in [0.717, 1.165) is 22.7 Å². The molecule has 1 aliphatic rings. The minimum atomic E-state index is 0.0246. The second-order valence-electron chi connectivity index (χ2n) is 4.64. The first-order chi connectivity index (χ1) is 10.3. The third kappa shape index (κ3) is 3.49. The number of aromatic nitrogens is 1. The smallest absolute Gasteiger partial charge is 0.253 e. The number of hydrogen-bond donors (Lipinski definition) is 0. The fourth-order valence-corrected chi connectivity index (χ4v) is 2.84. The number of hydrazone groups is 1. The van der Waals surface area contributed by atoms with Crippen LogP contribution in [0.4, 0.5) is 0 Å². The minimum absolute atomic E-state index is 0.0246. The highest BCUT2D eigenvalue weighted by Gasteiger charge is 2.21. The molecule has 0 atom stereocenters. The molecule has 1 aromatic heterocycles. The van der Waals surface area contributed by atoms with E-state index >= 15 is 0 Å². The van der Waals surface area contributed by atoms with Crippen molar-refractivity contribution in [1.82, 2.24) is 9.99 Å². The second kappa shape index (κ2) is 6.54. The molecule has 1 aliphatic heterocycles. The Balaban J connectivity index is 1.60. The molecule has 0 spiro atoms. The molecule has 0 fully saturated rings. The molecule has 2 heterocycles. The lowest BCUT2D eigenvalue weighted by molar-refractivity contribution is -0.127. The molecule has 5 heteroatoms. The molecule has 0 unspecified atom stereocenters. The molecule has 0 bridgehead atoms. The lowest BCUT2D eigenvalue weighted by Crippen LogP contribution is -2.25. The van der Waals surface area contributed by atoms with Crippen LogP contribution in [0, 0.1) is 0 Å². The van der Waals surface area contributed by atoms with Gasteiger partial charge in [-0.3, -0.25) is 4.79 Å². The van der Waals surface area contributed by atoms with Crippen LogP contribution in [-0.2, 0) is 4.79 Å². The van der Waals surface area contributed by atoms with E-state index < -0.39 is 0 Å². The Hall–Kier alpha value is -2.14. The largest absolute Gasteiger partial charge is 0.272 e. The average molecular weight is 297 g/mol. The Labute approximate surface area is 127 Å².